The molecule has 0 bridgehead atoms. The number of aromatic amines is 2. The standard InChI is InChI=1S/C28H26N4O/c1-19-7-9-20(10-8-19)13-14-29-27(21-5-3-2-4-6-21)28(33)25-18-30-26-15-22(11-12-24(25)26)23-16-31-32-17-23/h2-12,15-18,27,29-30H,13-14H2,1H3,(H,31,32)/t27-/m1/s1. The van der Waals surface area contributed by atoms with Gasteiger partial charge in [-0.15, -0.1) is 0 Å². The van der Waals surface area contributed by atoms with Crippen LogP contribution in [0.15, 0.2) is 91.4 Å². The van der Waals surface area contributed by atoms with Crippen molar-refractivity contribution in [2.45, 2.75) is 19.4 Å². The summed E-state index contributed by atoms with van der Waals surface area (Å²) >= 11 is 0. The summed E-state index contributed by atoms with van der Waals surface area (Å²) in [4.78, 5) is 17.0. The smallest absolute Gasteiger partial charge is 0.186 e. The lowest BCUT2D eigenvalue weighted by Crippen LogP contribution is -2.30. The SMILES string of the molecule is Cc1ccc(CCN[C@@H](C(=O)c2c[nH]c3cc(-c4cn[nH]c4)ccc23)c2ccccc2)cc1. The number of benzene rings is 3. The molecule has 2 aromatic heterocycles. The van der Waals surface area contributed by atoms with Crippen LogP contribution >= 0.6 is 0 Å². The molecule has 0 aliphatic heterocycles. The van der Waals surface area contributed by atoms with Crippen molar-refractivity contribution in [3.63, 3.8) is 0 Å². The molecule has 33 heavy (non-hydrogen) atoms. The van der Waals surface area contributed by atoms with Crippen LogP contribution in [-0.2, 0) is 6.42 Å². The predicted octanol–water partition coefficient (Wildman–Crippen LogP) is 5.62. The number of hydrogen-bond donors (Lipinski definition) is 3. The third-order valence-corrected chi connectivity index (χ3v) is 6.06. The normalized spacial score (nSPS) is 12.2. The van der Waals surface area contributed by atoms with Crippen molar-refractivity contribution in [2.24, 2.45) is 0 Å². The lowest BCUT2D eigenvalue weighted by Gasteiger charge is -2.18. The number of rotatable bonds is 8. The maximum atomic E-state index is 13.7. The first-order valence-corrected chi connectivity index (χ1v) is 11.2. The second kappa shape index (κ2) is 9.27. The first-order valence-electron chi connectivity index (χ1n) is 11.2. The van der Waals surface area contributed by atoms with Crippen LogP contribution < -0.4 is 5.32 Å². The Kier molecular flexibility index (Phi) is 5.87. The minimum atomic E-state index is -0.413. The Labute approximate surface area is 192 Å². The molecular formula is C28H26N4O. The Morgan fingerprint density at radius 3 is 2.55 bits per heavy atom. The predicted molar refractivity (Wildman–Crippen MR) is 132 cm³/mol. The molecule has 0 radical (unpaired) electrons. The summed E-state index contributed by atoms with van der Waals surface area (Å²) < 4.78 is 0. The molecule has 3 N–H and O–H groups in total. The van der Waals surface area contributed by atoms with E-state index in [2.05, 4.69) is 57.8 Å². The number of hydrogen-bond acceptors (Lipinski definition) is 3. The Balaban J connectivity index is 1.40. The summed E-state index contributed by atoms with van der Waals surface area (Å²) in [5.41, 5.74) is 7.16. The summed E-state index contributed by atoms with van der Waals surface area (Å²) in [6.07, 6.45) is 6.34. The van der Waals surface area contributed by atoms with Crippen LogP contribution in [0.3, 0.4) is 0 Å². The van der Waals surface area contributed by atoms with E-state index >= 15 is 0 Å². The molecule has 164 valence electrons. The number of aromatic nitrogens is 3. The fourth-order valence-corrected chi connectivity index (χ4v) is 4.20. The second-order valence-corrected chi connectivity index (χ2v) is 8.35. The van der Waals surface area contributed by atoms with E-state index in [9.17, 15) is 4.79 Å². The summed E-state index contributed by atoms with van der Waals surface area (Å²) in [6, 6.07) is 24.2. The van der Waals surface area contributed by atoms with Gasteiger partial charge in [0.25, 0.3) is 0 Å². The largest absolute Gasteiger partial charge is 0.360 e. The molecule has 3 aromatic carbocycles. The van der Waals surface area contributed by atoms with Crippen LogP contribution in [0.4, 0.5) is 0 Å². The fraction of sp³-hybridized carbons (Fsp3) is 0.143. The van der Waals surface area contributed by atoms with Crippen LogP contribution in [0.25, 0.3) is 22.0 Å². The Morgan fingerprint density at radius 1 is 0.970 bits per heavy atom. The monoisotopic (exact) mass is 434 g/mol. The maximum Gasteiger partial charge on any atom is 0.186 e. The van der Waals surface area contributed by atoms with E-state index in [1.165, 1.54) is 11.1 Å². The molecule has 0 saturated carbocycles. The second-order valence-electron chi connectivity index (χ2n) is 8.35. The average molecular weight is 435 g/mol. The van der Waals surface area contributed by atoms with E-state index in [0.717, 1.165) is 34.0 Å². The molecule has 5 aromatic rings. The molecule has 0 unspecified atom stereocenters. The number of carbonyl (C=O) groups is 1. The Hall–Kier alpha value is -3.96. The summed E-state index contributed by atoms with van der Waals surface area (Å²) in [6.45, 7) is 2.80. The number of fused-ring (bicyclic) bond motifs is 1. The van der Waals surface area contributed by atoms with Gasteiger partial charge in [-0.05, 0) is 36.1 Å². The third kappa shape index (κ3) is 4.49. The van der Waals surface area contributed by atoms with Crippen molar-refractivity contribution < 1.29 is 4.79 Å². The van der Waals surface area contributed by atoms with Gasteiger partial charge in [-0.1, -0.05) is 72.3 Å². The topological polar surface area (TPSA) is 73.6 Å². The first-order chi connectivity index (χ1) is 16.2. The number of aryl methyl sites for hydroxylation is 1. The molecular weight excluding hydrogens is 408 g/mol. The van der Waals surface area contributed by atoms with Crippen LogP contribution in [0, 0.1) is 6.92 Å². The summed E-state index contributed by atoms with van der Waals surface area (Å²) in [7, 11) is 0. The molecule has 0 fully saturated rings. The van der Waals surface area contributed by atoms with E-state index in [-0.39, 0.29) is 5.78 Å². The molecule has 5 nitrogen and oxygen atoms in total. The zero-order valence-electron chi connectivity index (χ0n) is 18.5. The van der Waals surface area contributed by atoms with Gasteiger partial charge < -0.3 is 10.3 Å². The van der Waals surface area contributed by atoms with Crippen molar-refractivity contribution in [1.82, 2.24) is 20.5 Å². The highest BCUT2D eigenvalue weighted by atomic mass is 16.1. The fourth-order valence-electron chi connectivity index (χ4n) is 4.20. The van der Waals surface area contributed by atoms with Crippen molar-refractivity contribution in [3.8, 4) is 11.1 Å². The summed E-state index contributed by atoms with van der Waals surface area (Å²) in [5, 5.41) is 11.3. The number of nitrogens with one attached hydrogen (secondary N) is 3. The first kappa shape index (κ1) is 20.9. The highest BCUT2D eigenvalue weighted by Crippen LogP contribution is 2.28. The van der Waals surface area contributed by atoms with Crippen LogP contribution in [0.1, 0.15) is 33.1 Å². The third-order valence-electron chi connectivity index (χ3n) is 6.06. The van der Waals surface area contributed by atoms with Crippen molar-refractivity contribution >= 4 is 16.7 Å². The van der Waals surface area contributed by atoms with Gasteiger partial charge in [0.15, 0.2) is 5.78 Å². The van der Waals surface area contributed by atoms with Crippen LogP contribution in [0.5, 0.6) is 0 Å². The maximum absolute atomic E-state index is 13.7. The van der Waals surface area contributed by atoms with Crippen molar-refractivity contribution in [3.05, 3.63) is 114 Å². The number of carbonyl (C=O) groups excluding carboxylic acids is 1. The van der Waals surface area contributed by atoms with Crippen LogP contribution in [-0.4, -0.2) is 27.5 Å². The van der Waals surface area contributed by atoms with Gasteiger partial charge in [0.2, 0.25) is 0 Å². The zero-order chi connectivity index (χ0) is 22.6. The van der Waals surface area contributed by atoms with Crippen LogP contribution in [0.2, 0.25) is 0 Å². The van der Waals surface area contributed by atoms with Gasteiger partial charge in [0.05, 0.1) is 12.2 Å². The van der Waals surface area contributed by atoms with Gasteiger partial charge in [-0.3, -0.25) is 9.89 Å². The van der Waals surface area contributed by atoms with Crippen molar-refractivity contribution in [2.75, 3.05) is 6.54 Å². The van der Waals surface area contributed by atoms with Gasteiger partial charge >= 0.3 is 0 Å². The Morgan fingerprint density at radius 2 is 1.79 bits per heavy atom. The molecule has 5 rings (SSSR count). The quantitative estimate of drug-likeness (QED) is 0.277. The molecule has 0 spiro atoms. The zero-order valence-corrected chi connectivity index (χ0v) is 18.5. The Bertz CT molecular complexity index is 1350. The average Bonchev–Trinajstić information content (AvgIpc) is 3.53. The molecule has 0 amide bonds. The molecule has 0 saturated heterocycles. The van der Waals surface area contributed by atoms with E-state index in [0.29, 0.717) is 12.1 Å². The number of ketones is 1. The minimum absolute atomic E-state index is 0.0624. The number of nitrogens with zero attached hydrogens (tertiary/aromatic N) is 1. The van der Waals surface area contributed by atoms with Gasteiger partial charge in [-0.2, -0.15) is 5.10 Å². The molecule has 2 heterocycles. The lowest BCUT2D eigenvalue weighted by molar-refractivity contribution is 0.0945. The molecule has 0 aliphatic carbocycles. The van der Waals surface area contributed by atoms with Crippen molar-refractivity contribution in [1.29, 1.82) is 0 Å². The van der Waals surface area contributed by atoms with Gasteiger partial charge in [0.1, 0.15) is 0 Å². The number of Topliss-reactive ketones (excluding diaryl/α,β-unsaturated/α-hetero) is 1. The van der Waals surface area contributed by atoms with E-state index in [1.54, 1.807) is 6.20 Å². The minimum Gasteiger partial charge on any atom is -0.360 e. The molecule has 1 atom stereocenters. The highest BCUT2D eigenvalue weighted by molar-refractivity contribution is 6.11. The van der Waals surface area contributed by atoms with E-state index in [4.69, 9.17) is 0 Å². The molecule has 0 aliphatic rings. The summed E-state index contributed by atoms with van der Waals surface area (Å²) in [5.74, 6) is 0.0624. The number of H-pyrrole nitrogens is 2. The molecule has 5 heteroatoms. The van der Waals surface area contributed by atoms with Gasteiger partial charge in [-0.25, -0.2) is 0 Å². The van der Waals surface area contributed by atoms with E-state index < -0.39 is 6.04 Å². The van der Waals surface area contributed by atoms with E-state index in [1.807, 2.05) is 54.9 Å². The highest BCUT2D eigenvalue weighted by Gasteiger charge is 2.24. The van der Waals surface area contributed by atoms with Gasteiger partial charge in [0, 0.05) is 41.0 Å². The lowest BCUT2D eigenvalue weighted by atomic mass is 9.96.